The third-order valence-electron chi connectivity index (χ3n) is 4.67. The van der Waals surface area contributed by atoms with Crippen molar-refractivity contribution >= 4 is 23.4 Å². The summed E-state index contributed by atoms with van der Waals surface area (Å²) in [7, 11) is 0. The lowest BCUT2D eigenvalue weighted by Crippen LogP contribution is -2.39. The van der Waals surface area contributed by atoms with Crippen LogP contribution in [0.25, 0.3) is 6.08 Å². The molecule has 7 heteroatoms. The minimum atomic E-state index is -0.591. The highest BCUT2D eigenvalue weighted by Crippen LogP contribution is 2.30. The number of rotatable bonds is 4. The third kappa shape index (κ3) is 3.49. The topological polar surface area (TPSA) is 73.8 Å². The van der Waals surface area contributed by atoms with Crippen LogP contribution in [0.1, 0.15) is 37.0 Å². The van der Waals surface area contributed by atoms with E-state index in [-0.39, 0.29) is 12.2 Å². The van der Waals surface area contributed by atoms with E-state index in [1.807, 2.05) is 49.4 Å². The van der Waals surface area contributed by atoms with Crippen LogP contribution < -0.4 is 14.9 Å². The van der Waals surface area contributed by atoms with Gasteiger partial charge in [-0.1, -0.05) is 41.7 Å². The van der Waals surface area contributed by atoms with Crippen LogP contribution in [0.15, 0.2) is 67.9 Å². The molecule has 148 valence electrons. The fraction of sp³-hybridized carbons (Fsp3) is 0.227. The molecule has 2 aromatic heterocycles. The van der Waals surface area contributed by atoms with Gasteiger partial charge < -0.3 is 9.15 Å². The van der Waals surface area contributed by atoms with Crippen LogP contribution in [-0.2, 0) is 9.53 Å². The van der Waals surface area contributed by atoms with Gasteiger partial charge in [0.05, 0.1) is 28.5 Å². The first-order valence-electron chi connectivity index (χ1n) is 9.30. The predicted molar refractivity (Wildman–Crippen MR) is 110 cm³/mol. The van der Waals surface area contributed by atoms with Crippen LogP contribution in [0, 0.1) is 6.92 Å². The molecule has 0 unspecified atom stereocenters. The number of carbonyl (C=O) groups excluding carboxylic acids is 1. The molecular formula is C22H20N2O4S. The molecule has 0 spiro atoms. The molecule has 0 saturated heterocycles. The number of aromatic nitrogens is 1. The van der Waals surface area contributed by atoms with E-state index in [0.29, 0.717) is 26.4 Å². The molecule has 1 aliphatic heterocycles. The molecule has 6 nitrogen and oxygen atoms in total. The van der Waals surface area contributed by atoms with Crippen LogP contribution >= 0.6 is 11.3 Å². The summed E-state index contributed by atoms with van der Waals surface area (Å²) in [5, 5.41) is 0. The summed E-state index contributed by atoms with van der Waals surface area (Å²) < 4.78 is 12.9. The summed E-state index contributed by atoms with van der Waals surface area (Å²) in [6.07, 6.45) is 1.71. The number of hydrogen-bond donors (Lipinski definition) is 0. The van der Waals surface area contributed by atoms with E-state index in [9.17, 15) is 9.59 Å². The Labute approximate surface area is 171 Å². The Morgan fingerprint density at radius 1 is 1.24 bits per heavy atom. The number of benzene rings is 1. The first-order chi connectivity index (χ1) is 14.0. The van der Waals surface area contributed by atoms with Crippen LogP contribution in [-0.4, -0.2) is 17.1 Å². The highest BCUT2D eigenvalue weighted by molar-refractivity contribution is 7.07. The van der Waals surface area contributed by atoms with Gasteiger partial charge in [0, 0.05) is 6.08 Å². The zero-order valence-corrected chi connectivity index (χ0v) is 17.2. The summed E-state index contributed by atoms with van der Waals surface area (Å²) >= 11 is 1.28. The van der Waals surface area contributed by atoms with Crippen molar-refractivity contribution in [2.24, 2.45) is 4.99 Å². The molecule has 1 atom stereocenters. The molecule has 0 saturated carbocycles. The maximum absolute atomic E-state index is 13.3. The molecule has 0 bridgehead atoms. The van der Waals surface area contributed by atoms with Gasteiger partial charge in [0.25, 0.3) is 5.56 Å². The van der Waals surface area contributed by atoms with Crippen molar-refractivity contribution in [1.82, 2.24) is 4.57 Å². The smallest absolute Gasteiger partial charge is 0.338 e. The predicted octanol–water partition coefficient (Wildman–Crippen LogP) is 2.70. The number of aryl methyl sites for hydroxylation is 1. The fourth-order valence-electron chi connectivity index (χ4n) is 3.40. The van der Waals surface area contributed by atoms with Gasteiger partial charge in [0.2, 0.25) is 0 Å². The van der Waals surface area contributed by atoms with Gasteiger partial charge in [0.15, 0.2) is 4.80 Å². The van der Waals surface area contributed by atoms with Gasteiger partial charge in [-0.25, -0.2) is 9.79 Å². The van der Waals surface area contributed by atoms with Crippen molar-refractivity contribution in [3.63, 3.8) is 0 Å². The largest absolute Gasteiger partial charge is 0.463 e. The second-order valence-electron chi connectivity index (χ2n) is 6.66. The number of thiazole rings is 1. The number of carbonyl (C=O) groups is 1. The monoisotopic (exact) mass is 408 g/mol. The molecule has 0 fully saturated rings. The third-order valence-corrected chi connectivity index (χ3v) is 5.65. The zero-order valence-electron chi connectivity index (χ0n) is 16.3. The number of esters is 1. The van der Waals surface area contributed by atoms with E-state index in [1.165, 1.54) is 11.3 Å². The highest BCUT2D eigenvalue weighted by atomic mass is 32.1. The summed E-state index contributed by atoms with van der Waals surface area (Å²) in [5.41, 5.74) is 1.54. The van der Waals surface area contributed by atoms with Crippen molar-refractivity contribution in [3.05, 3.63) is 90.5 Å². The lowest BCUT2D eigenvalue weighted by Gasteiger charge is -2.24. The number of furan rings is 1. The molecule has 0 N–H and O–H groups in total. The standard InChI is InChI=1S/C22H20N2O4S/c1-4-27-21(26)18-14(3)23-22-24(19(18)15-8-6-5-7-9-15)20(25)17(29-22)12-16-11-10-13(2)28-16/h5-12,19H,4H2,1-3H3/b17-12+/t19-/m1/s1. The van der Waals surface area contributed by atoms with Gasteiger partial charge in [-0.05, 0) is 38.5 Å². The summed E-state index contributed by atoms with van der Waals surface area (Å²) in [5.74, 6) is 0.913. The minimum Gasteiger partial charge on any atom is -0.463 e. The van der Waals surface area contributed by atoms with E-state index in [0.717, 1.165) is 11.3 Å². The van der Waals surface area contributed by atoms with Crippen molar-refractivity contribution in [1.29, 1.82) is 0 Å². The summed E-state index contributed by atoms with van der Waals surface area (Å²) in [6.45, 7) is 5.63. The average Bonchev–Trinajstić information content (AvgIpc) is 3.24. The maximum Gasteiger partial charge on any atom is 0.338 e. The fourth-order valence-corrected chi connectivity index (χ4v) is 4.43. The second-order valence-corrected chi connectivity index (χ2v) is 7.67. The van der Waals surface area contributed by atoms with Crippen LogP contribution in [0.3, 0.4) is 0 Å². The van der Waals surface area contributed by atoms with Gasteiger partial charge in [-0.3, -0.25) is 9.36 Å². The zero-order chi connectivity index (χ0) is 20.5. The quantitative estimate of drug-likeness (QED) is 0.622. The summed E-state index contributed by atoms with van der Waals surface area (Å²) in [6, 6.07) is 12.5. The Bertz CT molecular complexity index is 1280. The normalized spacial score (nSPS) is 16.5. The van der Waals surface area contributed by atoms with Gasteiger partial charge >= 0.3 is 5.97 Å². The minimum absolute atomic E-state index is 0.217. The first kappa shape index (κ1) is 19.1. The van der Waals surface area contributed by atoms with Crippen molar-refractivity contribution in [2.75, 3.05) is 6.61 Å². The molecule has 4 rings (SSSR count). The molecule has 1 aliphatic rings. The van der Waals surface area contributed by atoms with Crippen LogP contribution in [0.5, 0.6) is 0 Å². The maximum atomic E-state index is 13.3. The number of ether oxygens (including phenoxy) is 1. The molecule has 1 aromatic carbocycles. The first-order valence-corrected chi connectivity index (χ1v) is 10.1. The Morgan fingerprint density at radius 3 is 2.66 bits per heavy atom. The van der Waals surface area contributed by atoms with E-state index < -0.39 is 12.0 Å². The van der Waals surface area contributed by atoms with Gasteiger partial charge in [0.1, 0.15) is 11.5 Å². The highest BCUT2D eigenvalue weighted by Gasteiger charge is 2.33. The molecule has 3 aromatic rings. The van der Waals surface area contributed by atoms with Crippen molar-refractivity contribution in [3.8, 4) is 0 Å². The number of nitrogens with zero attached hydrogens (tertiary/aromatic N) is 2. The lowest BCUT2D eigenvalue weighted by molar-refractivity contribution is -0.139. The molecule has 3 heterocycles. The second kappa shape index (κ2) is 7.67. The number of fused-ring (bicyclic) bond motifs is 1. The van der Waals surface area contributed by atoms with Crippen LogP contribution in [0.4, 0.5) is 0 Å². The van der Waals surface area contributed by atoms with E-state index in [1.54, 1.807) is 24.5 Å². The van der Waals surface area contributed by atoms with Crippen molar-refractivity contribution < 1.29 is 13.9 Å². The van der Waals surface area contributed by atoms with Gasteiger partial charge in [-0.15, -0.1) is 0 Å². The molecule has 29 heavy (non-hydrogen) atoms. The lowest BCUT2D eigenvalue weighted by atomic mass is 9.96. The average molecular weight is 408 g/mol. The number of hydrogen-bond acceptors (Lipinski definition) is 6. The Kier molecular flexibility index (Phi) is 5.07. The molecule has 0 radical (unpaired) electrons. The van der Waals surface area contributed by atoms with Gasteiger partial charge in [-0.2, -0.15) is 0 Å². The number of allylic oxidation sites excluding steroid dienone is 1. The summed E-state index contributed by atoms with van der Waals surface area (Å²) in [4.78, 5) is 31.1. The van der Waals surface area contributed by atoms with E-state index >= 15 is 0 Å². The molecule has 0 amide bonds. The Hall–Kier alpha value is -3.19. The van der Waals surface area contributed by atoms with Crippen LogP contribution in [0.2, 0.25) is 0 Å². The Balaban J connectivity index is 1.96. The molecule has 0 aliphatic carbocycles. The van der Waals surface area contributed by atoms with E-state index in [4.69, 9.17) is 9.15 Å². The molecular weight excluding hydrogens is 388 g/mol. The van der Waals surface area contributed by atoms with E-state index in [2.05, 4.69) is 4.99 Å². The Morgan fingerprint density at radius 2 is 2.00 bits per heavy atom. The SMILES string of the molecule is CCOC(=O)C1=C(C)N=c2s/c(=C/c3ccc(C)o3)c(=O)n2[C@@H]1c1ccccc1. The van der Waals surface area contributed by atoms with Crippen molar-refractivity contribution in [2.45, 2.75) is 26.8 Å².